The molecule has 1 N–H and O–H groups in total. The van der Waals surface area contributed by atoms with Gasteiger partial charge in [0.2, 0.25) is 6.10 Å². The number of hydrogen-bond donors (Lipinski definition) is 1. The lowest BCUT2D eigenvalue weighted by Crippen LogP contribution is -2.49. The van der Waals surface area contributed by atoms with Crippen LogP contribution in [0, 0.1) is 20.8 Å². The van der Waals surface area contributed by atoms with Gasteiger partial charge in [0, 0.05) is 11.4 Å². The molecule has 2 aromatic carbocycles. The number of nitrogens with zero attached hydrogens (tertiary/aromatic N) is 2. The average Bonchev–Trinajstić information content (AvgIpc) is 2.73. The van der Waals surface area contributed by atoms with Crippen LogP contribution in [-0.4, -0.2) is 33.8 Å². The molecule has 0 aliphatic heterocycles. The molecule has 0 saturated heterocycles. The normalized spacial score (nSPS) is 13.9. The molecule has 0 spiro atoms. The van der Waals surface area contributed by atoms with Crippen LogP contribution in [-0.2, 0) is 21.6 Å². The summed E-state index contributed by atoms with van der Waals surface area (Å²) in [4.78, 5) is 20.8. The molecule has 0 saturated carbocycles. The van der Waals surface area contributed by atoms with Crippen LogP contribution in [0.5, 0.6) is 6.01 Å². The van der Waals surface area contributed by atoms with E-state index in [1.165, 1.54) is 5.56 Å². The van der Waals surface area contributed by atoms with E-state index in [0.717, 1.165) is 5.56 Å². The van der Waals surface area contributed by atoms with Crippen molar-refractivity contribution in [2.75, 3.05) is 6.61 Å². The number of aromatic nitrogens is 2. The van der Waals surface area contributed by atoms with E-state index in [2.05, 4.69) is 9.97 Å². The number of aliphatic carboxylic acids is 1. The van der Waals surface area contributed by atoms with Crippen molar-refractivity contribution >= 4 is 5.97 Å². The third-order valence-electron chi connectivity index (χ3n) is 5.17. The van der Waals surface area contributed by atoms with Gasteiger partial charge in [0.1, 0.15) is 5.60 Å². The Balaban J connectivity index is 1.89. The summed E-state index contributed by atoms with van der Waals surface area (Å²) in [6, 6.07) is 19.3. The molecule has 31 heavy (non-hydrogen) atoms. The molecule has 0 aliphatic rings. The summed E-state index contributed by atoms with van der Waals surface area (Å²) in [5.41, 5.74) is 3.16. The zero-order valence-corrected chi connectivity index (χ0v) is 18.3. The zero-order valence-electron chi connectivity index (χ0n) is 18.3. The van der Waals surface area contributed by atoms with Gasteiger partial charge in [-0.1, -0.05) is 60.2 Å². The van der Waals surface area contributed by atoms with E-state index in [0.29, 0.717) is 30.0 Å². The van der Waals surface area contributed by atoms with Gasteiger partial charge in [0.15, 0.2) is 0 Å². The summed E-state index contributed by atoms with van der Waals surface area (Å²) < 4.78 is 12.1. The highest BCUT2D eigenvalue weighted by atomic mass is 16.6. The Labute approximate surface area is 182 Å². The molecule has 0 unspecified atom stereocenters. The van der Waals surface area contributed by atoms with Crippen molar-refractivity contribution < 1.29 is 19.4 Å². The fraction of sp³-hybridized carbons (Fsp3) is 0.320. The molecule has 0 aliphatic carbocycles. The van der Waals surface area contributed by atoms with Crippen LogP contribution in [0.1, 0.15) is 35.0 Å². The fourth-order valence-corrected chi connectivity index (χ4v) is 3.47. The van der Waals surface area contributed by atoms with Gasteiger partial charge in [0.25, 0.3) is 0 Å². The van der Waals surface area contributed by atoms with E-state index in [4.69, 9.17) is 9.47 Å². The third kappa shape index (κ3) is 5.67. The van der Waals surface area contributed by atoms with Crippen molar-refractivity contribution in [2.24, 2.45) is 0 Å². The molecular formula is C25H28N2O4. The highest BCUT2D eigenvalue weighted by molar-refractivity contribution is 5.75. The largest absolute Gasteiger partial charge is 0.478 e. The molecule has 2 atom stereocenters. The van der Waals surface area contributed by atoms with Crippen LogP contribution in [0.25, 0.3) is 0 Å². The van der Waals surface area contributed by atoms with E-state index in [9.17, 15) is 9.90 Å². The van der Waals surface area contributed by atoms with Crippen LogP contribution < -0.4 is 4.74 Å². The summed E-state index contributed by atoms with van der Waals surface area (Å²) in [5, 5.41) is 10.1. The maximum Gasteiger partial charge on any atom is 0.348 e. The average molecular weight is 421 g/mol. The summed E-state index contributed by atoms with van der Waals surface area (Å²) in [6.45, 7) is 7.72. The standard InChI is InChI=1S/C25H28N2O4/c1-17-10-12-20(13-11-17)14-15-30-25(4,21-8-6-5-7-9-21)22(23(28)29)31-24-26-18(2)16-19(3)27-24/h5-13,16,22H,14-15H2,1-4H3,(H,28,29)/t22-,25+/m1/s1. The zero-order chi connectivity index (χ0) is 22.4. The maximum atomic E-state index is 12.3. The molecule has 1 aromatic heterocycles. The van der Waals surface area contributed by atoms with Crippen LogP contribution in [0.2, 0.25) is 0 Å². The van der Waals surface area contributed by atoms with E-state index in [1.807, 2.05) is 75.4 Å². The number of rotatable bonds is 9. The molecule has 162 valence electrons. The molecule has 0 fully saturated rings. The Morgan fingerprint density at radius 1 is 1.00 bits per heavy atom. The highest BCUT2D eigenvalue weighted by Gasteiger charge is 2.44. The van der Waals surface area contributed by atoms with Crippen molar-refractivity contribution in [1.82, 2.24) is 9.97 Å². The predicted octanol–water partition coefficient (Wildman–Crippen LogP) is 4.41. The number of hydrogen-bond acceptors (Lipinski definition) is 5. The lowest BCUT2D eigenvalue weighted by Gasteiger charge is -2.35. The molecular weight excluding hydrogens is 392 g/mol. The summed E-state index contributed by atoms with van der Waals surface area (Å²) >= 11 is 0. The molecule has 0 radical (unpaired) electrons. The molecule has 1 heterocycles. The van der Waals surface area contributed by atoms with Gasteiger partial charge >= 0.3 is 12.0 Å². The fourth-order valence-electron chi connectivity index (χ4n) is 3.47. The van der Waals surface area contributed by atoms with Gasteiger partial charge in [-0.25, -0.2) is 14.8 Å². The van der Waals surface area contributed by atoms with Crippen LogP contribution >= 0.6 is 0 Å². The summed E-state index contributed by atoms with van der Waals surface area (Å²) in [5.74, 6) is -1.15. The maximum absolute atomic E-state index is 12.3. The molecule has 6 nitrogen and oxygen atoms in total. The second-order valence-corrected chi connectivity index (χ2v) is 7.83. The Morgan fingerprint density at radius 3 is 2.19 bits per heavy atom. The number of carbonyl (C=O) groups is 1. The van der Waals surface area contributed by atoms with Gasteiger partial charge in [-0.15, -0.1) is 0 Å². The minimum absolute atomic E-state index is 0.0224. The van der Waals surface area contributed by atoms with E-state index >= 15 is 0 Å². The molecule has 3 rings (SSSR count). The lowest BCUT2D eigenvalue weighted by molar-refractivity contribution is -0.168. The van der Waals surface area contributed by atoms with Crippen LogP contribution in [0.4, 0.5) is 0 Å². The molecule has 3 aromatic rings. The summed E-state index contributed by atoms with van der Waals surface area (Å²) in [6.07, 6.45) is -0.691. The van der Waals surface area contributed by atoms with Gasteiger partial charge in [-0.05, 0) is 51.3 Å². The Morgan fingerprint density at radius 2 is 1.61 bits per heavy atom. The van der Waals surface area contributed by atoms with Gasteiger partial charge in [-0.2, -0.15) is 0 Å². The Bertz CT molecular complexity index is 1000. The number of carboxylic acid groups (broad SMARTS) is 1. The van der Waals surface area contributed by atoms with Gasteiger partial charge in [-0.3, -0.25) is 0 Å². The SMILES string of the molecule is Cc1ccc(CCO[C@@](C)(c2ccccc2)[C@H](Oc2nc(C)cc(C)n2)C(=O)O)cc1. The molecule has 0 amide bonds. The van der Waals surface area contributed by atoms with Crippen molar-refractivity contribution in [2.45, 2.75) is 45.8 Å². The first-order valence-corrected chi connectivity index (χ1v) is 10.2. The number of benzene rings is 2. The van der Waals surface area contributed by atoms with Crippen molar-refractivity contribution in [3.63, 3.8) is 0 Å². The van der Waals surface area contributed by atoms with Crippen LogP contribution in [0.3, 0.4) is 0 Å². The first-order valence-electron chi connectivity index (χ1n) is 10.2. The van der Waals surface area contributed by atoms with E-state index < -0.39 is 17.7 Å². The first-order chi connectivity index (χ1) is 14.8. The first kappa shape index (κ1) is 22.4. The minimum Gasteiger partial charge on any atom is -0.478 e. The quantitative estimate of drug-likeness (QED) is 0.552. The van der Waals surface area contributed by atoms with Crippen molar-refractivity contribution in [1.29, 1.82) is 0 Å². The Hall–Kier alpha value is -3.25. The minimum atomic E-state index is -1.34. The Kier molecular flexibility index (Phi) is 7.02. The molecule has 6 heteroatoms. The topological polar surface area (TPSA) is 81.5 Å². The van der Waals surface area contributed by atoms with E-state index in [-0.39, 0.29) is 6.01 Å². The van der Waals surface area contributed by atoms with Crippen molar-refractivity contribution in [3.05, 3.63) is 88.7 Å². The number of aryl methyl sites for hydroxylation is 3. The van der Waals surface area contributed by atoms with Gasteiger partial charge < -0.3 is 14.6 Å². The highest BCUT2D eigenvalue weighted by Crippen LogP contribution is 2.32. The predicted molar refractivity (Wildman–Crippen MR) is 118 cm³/mol. The van der Waals surface area contributed by atoms with Gasteiger partial charge in [0.05, 0.1) is 6.61 Å². The second kappa shape index (κ2) is 9.71. The second-order valence-electron chi connectivity index (χ2n) is 7.83. The van der Waals surface area contributed by atoms with Crippen molar-refractivity contribution in [3.8, 4) is 6.01 Å². The van der Waals surface area contributed by atoms with E-state index in [1.54, 1.807) is 13.0 Å². The number of carboxylic acids is 1. The molecule has 0 bridgehead atoms. The number of ether oxygens (including phenoxy) is 2. The smallest absolute Gasteiger partial charge is 0.348 e. The monoisotopic (exact) mass is 420 g/mol. The lowest BCUT2D eigenvalue weighted by atomic mass is 9.89. The summed E-state index contributed by atoms with van der Waals surface area (Å²) in [7, 11) is 0. The third-order valence-corrected chi connectivity index (χ3v) is 5.17. The van der Waals surface area contributed by atoms with Crippen LogP contribution in [0.15, 0.2) is 60.7 Å².